The van der Waals surface area contributed by atoms with Crippen LogP contribution in [0, 0.1) is 20.2 Å². The van der Waals surface area contributed by atoms with Gasteiger partial charge in [0.25, 0.3) is 17.3 Å². The summed E-state index contributed by atoms with van der Waals surface area (Å²) in [6, 6.07) is 22.1. The van der Waals surface area contributed by atoms with Crippen molar-refractivity contribution in [2.75, 3.05) is 10.8 Å². The predicted molar refractivity (Wildman–Crippen MR) is 153 cm³/mol. The smallest absolute Gasteiger partial charge is 0.343 e. The third-order valence-electron chi connectivity index (χ3n) is 6.34. The first-order valence-electron chi connectivity index (χ1n) is 12.6. The van der Waals surface area contributed by atoms with E-state index in [2.05, 4.69) is 15.7 Å². The average Bonchev–Trinajstić information content (AvgIpc) is 2.99. The summed E-state index contributed by atoms with van der Waals surface area (Å²) in [5.74, 6) is -2.37. The minimum absolute atomic E-state index is 0.0240. The van der Waals surface area contributed by atoms with Crippen molar-refractivity contribution in [2.45, 2.75) is 19.6 Å². The maximum absolute atomic E-state index is 12.7. The Kier molecular flexibility index (Phi) is 9.70. The van der Waals surface area contributed by atoms with Gasteiger partial charge in [-0.15, -0.1) is 0 Å². The van der Waals surface area contributed by atoms with Gasteiger partial charge in [0.1, 0.15) is 18.8 Å². The van der Waals surface area contributed by atoms with Crippen LogP contribution in [0.2, 0.25) is 0 Å². The molecule has 1 amide bonds. The van der Waals surface area contributed by atoms with E-state index < -0.39 is 33.0 Å². The number of anilines is 2. The molecule has 0 aliphatic carbocycles. The summed E-state index contributed by atoms with van der Waals surface area (Å²) < 4.78 is 0. The monoisotopic (exact) mass is 588 g/mol. The zero-order chi connectivity index (χ0) is 30.9. The number of nitro groups is 2. The number of nitro benzene ring substituents is 2. The molecule has 0 spiro atoms. The van der Waals surface area contributed by atoms with Gasteiger partial charge in [-0.25, -0.2) is 9.68 Å². The lowest BCUT2D eigenvalue weighted by Crippen LogP contribution is -2.17. The van der Waals surface area contributed by atoms with Crippen LogP contribution >= 0.6 is 0 Å². The Hall–Kier alpha value is -5.70. The van der Waals surface area contributed by atoms with E-state index in [4.69, 9.17) is 10.1 Å². The van der Waals surface area contributed by atoms with Crippen molar-refractivity contribution in [3.8, 4) is 0 Å². The number of carbonyl (C=O) groups excluding carboxylic acids is 1. The number of rotatable bonds is 13. The topological polar surface area (TPSA) is 203 Å². The standard InChI is InChI=1S/C29H24N4O10/c34-28(23-4-2-6-26(33(39)40)27(23)29(35)36)30-21-11-7-18(8-12-21)15-19-9-13-22(14-10-19)31-42-16-20-3-1-5-25(32(37)38)24(20)17-43-41/h1-14,31,41H,15-17H2,(H,30,34)(H,35,36). The molecule has 0 saturated heterocycles. The number of hydrogen-bond acceptors (Lipinski definition) is 10. The number of aromatic carboxylic acids is 1. The Bertz CT molecular complexity index is 1660. The molecule has 14 nitrogen and oxygen atoms in total. The van der Waals surface area contributed by atoms with E-state index in [0.717, 1.165) is 17.2 Å². The van der Waals surface area contributed by atoms with Gasteiger partial charge in [-0.2, -0.15) is 0 Å². The summed E-state index contributed by atoms with van der Waals surface area (Å²) in [5, 5.41) is 43.2. The van der Waals surface area contributed by atoms with Gasteiger partial charge in [0.15, 0.2) is 0 Å². The van der Waals surface area contributed by atoms with Crippen LogP contribution in [-0.4, -0.2) is 32.1 Å². The van der Waals surface area contributed by atoms with Crippen LogP contribution in [0.4, 0.5) is 22.7 Å². The second kappa shape index (κ2) is 13.8. The highest BCUT2D eigenvalue weighted by Gasteiger charge is 2.27. The Morgan fingerprint density at radius 1 is 0.767 bits per heavy atom. The second-order valence-electron chi connectivity index (χ2n) is 9.12. The molecule has 0 aromatic heterocycles. The van der Waals surface area contributed by atoms with Gasteiger partial charge >= 0.3 is 5.97 Å². The number of benzene rings is 4. The second-order valence-corrected chi connectivity index (χ2v) is 9.12. The fraction of sp³-hybridized carbons (Fsp3) is 0.103. The van der Waals surface area contributed by atoms with Crippen LogP contribution in [0.3, 0.4) is 0 Å². The molecule has 0 heterocycles. The highest BCUT2D eigenvalue weighted by molar-refractivity contribution is 6.12. The molecule has 0 unspecified atom stereocenters. The summed E-state index contributed by atoms with van der Waals surface area (Å²) in [5.41, 5.74) is 4.47. The molecule has 220 valence electrons. The maximum atomic E-state index is 12.7. The van der Waals surface area contributed by atoms with Crippen LogP contribution in [0.5, 0.6) is 0 Å². The van der Waals surface area contributed by atoms with Crippen molar-refractivity contribution in [2.24, 2.45) is 0 Å². The average molecular weight is 589 g/mol. The molecule has 0 atom stereocenters. The molecule has 0 aliphatic heterocycles. The first-order chi connectivity index (χ1) is 20.7. The third-order valence-corrected chi connectivity index (χ3v) is 6.34. The molecule has 4 rings (SSSR count). The van der Waals surface area contributed by atoms with E-state index in [9.17, 15) is 34.9 Å². The molecule has 0 radical (unpaired) electrons. The molecule has 4 N–H and O–H groups in total. The fourth-order valence-electron chi connectivity index (χ4n) is 4.29. The van der Waals surface area contributed by atoms with Gasteiger partial charge in [-0.05, 0) is 53.4 Å². The Morgan fingerprint density at radius 2 is 1.35 bits per heavy atom. The van der Waals surface area contributed by atoms with E-state index >= 15 is 0 Å². The Labute approximate surface area is 243 Å². The normalized spacial score (nSPS) is 10.6. The molecule has 14 heteroatoms. The maximum Gasteiger partial charge on any atom is 0.343 e. The number of carboxylic acids is 1. The van der Waals surface area contributed by atoms with Crippen molar-refractivity contribution >= 4 is 34.6 Å². The van der Waals surface area contributed by atoms with Gasteiger partial charge in [0.2, 0.25) is 0 Å². The van der Waals surface area contributed by atoms with Gasteiger partial charge in [0, 0.05) is 17.8 Å². The number of carboxylic acid groups (broad SMARTS) is 1. The molecule has 43 heavy (non-hydrogen) atoms. The quantitative estimate of drug-likeness (QED) is 0.0862. The van der Waals surface area contributed by atoms with Crippen molar-refractivity contribution in [3.63, 3.8) is 0 Å². The molecular formula is C29H24N4O10. The number of amides is 1. The number of nitrogens with zero attached hydrogens (tertiary/aromatic N) is 2. The van der Waals surface area contributed by atoms with Crippen LogP contribution in [0.25, 0.3) is 0 Å². The van der Waals surface area contributed by atoms with Gasteiger partial charge in [-0.1, -0.05) is 42.5 Å². The first-order valence-corrected chi connectivity index (χ1v) is 12.6. The number of nitrogens with one attached hydrogen (secondary N) is 2. The van der Waals surface area contributed by atoms with E-state index in [1.807, 2.05) is 12.1 Å². The van der Waals surface area contributed by atoms with Crippen LogP contribution < -0.4 is 10.8 Å². The van der Waals surface area contributed by atoms with E-state index in [1.165, 1.54) is 24.3 Å². The molecule has 0 fully saturated rings. The summed E-state index contributed by atoms with van der Waals surface area (Å²) in [6.07, 6.45) is 0.557. The van der Waals surface area contributed by atoms with Crippen molar-refractivity contribution in [3.05, 3.63) is 139 Å². The van der Waals surface area contributed by atoms with E-state index in [-0.39, 0.29) is 30.0 Å². The lowest BCUT2D eigenvalue weighted by molar-refractivity contribution is -0.387. The van der Waals surface area contributed by atoms with Crippen LogP contribution in [0.15, 0.2) is 84.9 Å². The Morgan fingerprint density at radius 3 is 1.93 bits per heavy atom. The van der Waals surface area contributed by atoms with Gasteiger partial charge in [0.05, 0.1) is 26.7 Å². The van der Waals surface area contributed by atoms with E-state index in [0.29, 0.717) is 23.4 Å². The molecular weight excluding hydrogens is 564 g/mol. The SMILES string of the molecule is O=C(Nc1ccc(Cc2ccc(NOCc3cccc([N+](=O)[O-])c3COO)cc2)cc1)c1cccc([N+](=O)[O-])c1C(=O)O. The van der Waals surface area contributed by atoms with Gasteiger partial charge < -0.3 is 10.4 Å². The molecule has 0 saturated carbocycles. The fourth-order valence-corrected chi connectivity index (χ4v) is 4.29. The first kappa shape index (κ1) is 30.3. The van der Waals surface area contributed by atoms with Gasteiger partial charge in [-0.3, -0.25) is 40.6 Å². The lowest BCUT2D eigenvalue weighted by atomic mass is 10.0. The molecule has 4 aromatic carbocycles. The lowest BCUT2D eigenvalue weighted by Gasteiger charge is -2.11. The minimum atomic E-state index is -1.58. The summed E-state index contributed by atoms with van der Waals surface area (Å²) >= 11 is 0. The summed E-state index contributed by atoms with van der Waals surface area (Å²) in [6.45, 7) is -0.384. The third kappa shape index (κ3) is 7.53. The highest BCUT2D eigenvalue weighted by Crippen LogP contribution is 2.25. The van der Waals surface area contributed by atoms with Crippen LogP contribution in [0.1, 0.15) is 43.0 Å². The van der Waals surface area contributed by atoms with Crippen LogP contribution in [-0.2, 0) is 29.4 Å². The summed E-state index contributed by atoms with van der Waals surface area (Å²) in [4.78, 5) is 54.9. The zero-order valence-corrected chi connectivity index (χ0v) is 22.3. The molecule has 4 aromatic rings. The number of hydrogen-bond donors (Lipinski definition) is 4. The largest absolute Gasteiger partial charge is 0.477 e. The van der Waals surface area contributed by atoms with Crippen molar-refractivity contribution in [1.29, 1.82) is 0 Å². The summed E-state index contributed by atoms with van der Waals surface area (Å²) in [7, 11) is 0. The minimum Gasteiger partial charge on any atom is -0.477 e. The zero-order valence-electron chi connectivity index (χ0n) is 22.3. The van der Waals surface area contributed by atoms with E-state index in [1.54, 1.807) is 42.5 Å². The molecule has 0 bridgehead atoms. The predicted octanol–water partition coefficient (Wildman–Crippen LogP) is 5.58. The highest BCUT2D eigenvalue weighted by atomic mass is 17.1. The number of carbonyl (C=O) groups is 2. The van der Waals surface area contributed by atoms with Crippen molar-refractivity contribution in [1.82, 2.24) is 0 Å². The molecule has 0 aliphatic rings. The van der Waals surface area contributed by atoms with Crippen molar-refractivity contribution < 1.29 is 39.5 Å². The Balaban J connectivity index is 1.34.